The minimum Gasteiger partial charge on any atom is -0.444 e. The Bertz CT molecular complexity index is 1900. The number of anilines is 1. The number of carbonyl (C=O) groups is 7. The van der Waals surface area contributed by atoms with Gasteiger partial charge in [-0.1, -0.05) is 53.2 Å². The van der Waals surface area contributed by atoms with Gasteiger partial charge in [0.15, 0.2) is 0 Å². The number of benzene rings is 1. The van der Waals surface area contributed by atoms with Crippen molar-refractivity contribution in [3.8, 4) is 6.07 Å². The van der Waals surface area contributed by atoms with E-state index in [9.17, 15) is 38.8 Å². The van der Waals surface area contributed by atoms with Crippen molar-refractivity contribution in [3.05, 3.63) is 29.8 Å². The number of hydrogen-bond donors (Lipinski definition) is 5. The van der Waals surface area contributed by atoms with Crippen LogP contribution in [0.25, 0.3) is 0 Å². The van der Waals surface area contributed by atoms with Crippen molar-refractivity contribution in [1.82, 2.24) is 36.0 Å². The van der Waals surface area contributed by atoms with E-state index in [-0.39, 0.29) is 61.3 Å². The normalized spacial score (nSPS) is 17.8. The van der Waals surface area contributed by atoms with Gasteiger partial charge in [-0.25, -0.2) is 4.79 Å². The number of rotatable bonds is 25. The van der Waals surface area contributed by atoms with E-state index in [0.29, 0.717) is 31.5 Å². The lowest BCUT2D eigenvalue weighted by Gasteiger charge is -2.41. The van der Waals surface area contributed by atoms with E-state index in [2.05, 4.69) is 32.7 Å². The van der Waals surface area contributed by atoms with Crippen LogP contribution in [0.3, 0.4) is 0 Å². The topological polar surface area (TPSA) is 241 Å². The molecule has 0 aromatic heterocycles. The minimum absolute atomic E-state index is 0.00755. The number of nitrogens with zero attached hydrogens (tertiary/aromatic N) is 4. The molecule has 5 N–H and O–H groups in total. The first-order chi connectivity index (χ1) is 31.8. The Morgan fingerprint density at radius 1 is 0.882 bits per heavy atom. The van der Waals surface area contributed by atoms with Crippen LogP contribution in [0.5, 0.6) is 0 Å². The Kier molecular flexibility index (Phi) is 23.9. The zero-order valence-electron chi connectivity index (χ0n) is 43.2. The summed E-state index contributed by atoms with van der Waals surface area (Å²) in [6.45, 7) is 18.2. The van der Waals surface area contributed by atoms with Gasteiger partial charge in [0.1, 0.15) is 23.7 Å². The molecule has 1 aliphatic heterocycles. The van der Waals surface area contributed by atoms with Crippen LogP contribution in [-0.4, -0.2) is 159 Å². The lowest BCUT2D eigenvalue weighted by molar-refractivity contribution is -0.147. The van der Waals surface area contributed by atoms with E-state index in [1.807, 2.05) is 33.8 Å². The average molecular weight is 956 g/mol. The Morgan fingerprint density at radius 2 is 1.53 bits per heavy atom. The number of carbonyl (C=O) groups excluding carboxylic acids is 7. The van der Waals surface area contributed by atoms with Crippen molar-refractivity contribution in [1.29, 1.82) is 5.26 Å². The molecule has 19 nitrogen and oxygen atoms in total. The molecule has 0 aliphatic carbocycles. The number of likely N-dealkylation sites (tertiary alicyclic amines) is 1. The van der Waals surface area contributed by atoms with E-state index >= 15 is 0 Å². The van der Waals surface area contributed by atoms with Gasteiger partial charge in [0, 0.05) is 39.5 Å². The number of nitrogens with one attached hydrogen (secondary N) is 5. The van der Waals surface area contributed by atoms with Gasteiger partial charge in [-0.05, 0) is 97.5 Å². The van der Waals surface area contributed by atoms with Gasteiger partial charge in [0.25, 0.3) is 0 Å². The summed E-state index contributed by atoms with van der Waals surface area (Å²) in [5.41, 5.74) is 0.410. The van der Waals surface area contributed by atoms with Gasteiger partial charge >= 0.3 is 6.09 Å². The maximum absolute atomic E-state index is 14.3. The SMILES string of the molecule is CC[C@H](C)[C@@H]([C@@H](CC(=O)N1CCC[C@H]1[C@H](OC)[C@@H](C)C(=O)N[C@H](CC#N)Cc1cccc(NC(=O)[C@H](C)NC(=O)[C@H](C)NC(=O)OC(C)(C)C)c1)OC)N(C)C(=O)[C@@H](NC(=O)CN(C)C)C(C)C. The first kappa shape index (κ1) is 58.8. The lowest BCUT2D eigenvalue weighted by Crippen LogP contribution is -2.58. The summed E-state index contributed by atoms with van der Waals surface area (Å²) >= 11 is 0. The molecule has 0 unspecified atom stereocenters. The van der Waals surface area contributed by atoms with Gasteiger partial charge in [0.2, 0.25) is 35.4 Å². The fraction of sp³-hybridized carbons (Fsp3) is 0.714. The second-order valence-electron chi connectivity index (χ2n) is 19.7. The largest absolute Gasteiger partial charge is 0.444 e. The third kappa shape index (κ3) is 18.3. The number of hydrogen-bond acceptors (Lipinski definition) is 12. The third-order valence-corrected chi connectivity index (χ3v) is 12.2. The molecular weight excluding hydrogens is 875 g/mol. The maximum Gasteiger partial charge on any atom is 0.408 e. The molecule has 2 rings (SSSR count). The zero-order chi connectivity index (χ0) is 51.6. The van der Waals surface area contributed by atoms with Crippen LogP contribution < -0.4 is 26.6 Å². The summed E-state index contributed by atoms with van der Waals surface area (Å²) in [5.74, 6) is -3.16. The molecule has 1 heterocycles. The summed E-state index contributed by atoms with van der Waals surface area (Å²) < 4.78 is 17.2. The molecule has 0 spiro atoms. The first-order valence-corrected chi connectivity index (χ1v) is 23.7. The predicted molar refractivity (Wildman–Crippen MR) is 259 cm³/mol. The number of methoxy groups -OCH3 is 2. The van der Waals surface area contributed by atoms with Gasteiger partial charge in [-0.15, -0.1) is 0 Å². The molecule has 1 aliphatic rings. The molecule has 0 radical (unpaired) electrons. The maximum atomic E-state index is 14.3. The van der Waals surface area contributed by atoms with Gasteiger partial charge < -0.3 is 55.5 Å². The number of nitriles is 1. The van der Waals surface area contributed by atoms with Crippen LogP contribution >= 0.6 is 0 Å². The molecule has 7 amide bonds. The molecule has 382 valence electrons. The molecular formula is C49H81N9O10. The second-order valence-corrected chi connectivity index (χ2v) is 19.7. The third-order valence-electron chi connectivity index (χ3n) is 12.2. The molecule has 1 saturated heterocycles. The molecule has 0 saturated carbocycles. The highest BCUT2D eigenvalue weighted by molar-refractivity contribution is 5.98. The molecule has 1 fully saturated rings. The summed E-state index contributed by atoms with van der Waals surface area (Å²) in [5, 5.41) is 23.5. The van der Waals surface area contributed by atoms with Crippen LogP contribution in [0.2, 0.25) is 0 Å². The smallest absolute Gasteiger partial charge is 0.408 e. The van der Waals surface area contributed by atoms with E-state index in [4.69, 9.17) is 14.2 Å². The Morgan fingerprint density at radius 3 is 2.09 bits per heavy atom. The van der Waals surface area contributed by atoms with Crippen LogP contribution in [0.4, 0.5) is 10.5 Å². The number of likely N-dealkylation sites (N-methyl/N-ethyl adjacent to an activating group) is 2. The van der Waals surface area contributed by atoms with E-state index < -0.39 is 77.9 Å². The Hall–Kier alpha value is -5.32. The highest BCUT2D eigenvalue weighted by Crippen LogP contribution is 2.30. The standard InChI is InChI=1S/C49H81N9O10/c1-16-30(4)42(57(13)47(64)41(29(2)3)55-39(59)28-56(11)12)38(66-14)27-40(60)58-24-18-21-37(58)43(67-15)31(5)44(61)53-36(22-23-50)26-34-19-17-20-35(25-34)54-46(63)32(6)51-45(62)33(7)52-48(65)68-49(8,9)10/h17,19-20,25,29-33,36-38,41-43H,16,18,21-22,24,26-28H2,1-15H3,(H,51,62)(H,52,65)(H,53,61)(H,54,63)(H,55,59)/t30-,31+,32-,33-,36+,37-,38+,41-,42-,43+/m0/s1. The van der Waals surface area contributed by atoms with Crippen molar-refractivity contribution in [3.63, 3.8) is 0 Å². The van der Waals surface area contributed by atoms with Crippen molar-refractivity contribution in [2.45, 2.75) is 162 Å². The number of alkyl carbamates (subject to hydrolysis) is 1. The monoisotopic (exact) mass is 956 g/mol. The summed E-state index contributed by atoms with van der Waals surface area (Å²) in [4.78, 5) is 98.1. The zero-order valence-corrected chi connectivity index (χ0v) is 43.2. The van der Waals surface area contributed by atoms with Crippen molar-refractivity contribution in [2.75, 3.05) is 53.8 Å². The first-order valence-electron chi connectivity index (χ1n) is 23.7. The van der Waals surface area contributed by atoms with E-state index in [1.54, 1.807) is 81.7 Å². The van der Waals surface area contributed by atoms with E-state index in [0.717, 1.165) is 5.56 Å². The molecule has 68 heavy (non-hydrogen) atoms. The lowest BCUT2D eigenvalue weighted by atomic mass is 9.89. The molecule has 19 heteroatoms. The van der Waals surface area contributed by atoms with Crippen molar-refractivity contribution >= 4 is 47.2 Å². The molecule has 10 atom stereocenters. The van der Waals surface area contributed by atoms with Crippen LogP contribution in [0.15, 0.2) is 24.3 Å². The Balaban J connectivity index is 2.17. The van der Waals surface area contributed by atoms with Crippen LogP contribution in [0.1, 0.15) is 107 Å². The highest BCUT2D eigenvalue weighted by atomic mass is 16.6. The van der Waals surface area contributed by atoms with Gasteiger partial charge in [-0.2, -0.15) is 5.26 Å². The number of ether oxygens (including phenoxy) is 3. The molecule has 1 aromatic carbocycles. The van der Waals surface area contributed by atoms with Crippen LogP contribution in [0, 0.1) is 29.1 Å². The van der Waals surface area contributed by atoms with Crippen molar-refractivity contribution < 1.29 is 47.8 Å². The fourth-order valence-electron chi connectivity index (χ4n) is 8.43. The average Bonchev–Trinajstić information content (AvgIpc) is 3.73. The minimum atomic E-state index is -0.967. The summed E-state index contributed by atoms with van der Waals surface area (Å²) in [6, 6.07) is 4.85. The summed E-state index contributed by atoms with van der Waals surface area (Å²) in [6.07, 6.45) is 0.0909. The predicted octanol–water partition coefficient (Wildman–Crippen LogP) is 3.61. The highest BCUT2D eigenvalue weighted by Gasteiger charge is 2.43. The quantitative estimate of drug-likeness (QED) is 0.0945. The van der Waals surface area contributed by atoms with Gasteiger partial charge in [0.05, 0.1) is 55.7 Å². The molecule has 0 bridgehead atoms. The van der Waals surface area contributed by atoms with Crippen molar-refractivity contribution in [2.24, 2.45) is 17.8 Å². The summed E-state index contributed by atoms with van der Waals surface area (Å²) in [7, 11) is 8.29. The van der Waals surface area contributed by atoms with Crippen LogP contribution in [-0.2, 0) is 49.4 Å². The van der Waals surface area contributed by atoms with E-state index in [1.165, 1.54) is 28.1 Å². The fourth-order valence-corrected chi connectivity index (χ4v) is 8.43. The molecule has 1 aromatic rings. The Labute approximate surface area is 404 Å². The number of amides is 7. The van der Waals surface area contributed by atoms with Gasteiger partial charge in [-0.3, -0.25) is 28.8 Å². The second kappa shape index (κ2) is 27.6.